The molecule has 2 N–H and O–H groups in total. The lowest BCUT2D eigenvalue weighted by Gasteiger charge is -2.11. The van der Waals surface area contributed by atoms with Crippen molar-refractivity contribution < 1.29 is 9.84 Å². The first-order chi connectivity index (χ1) is 8.74. The van der Waals surface area contributed by atoms with Crippen LogP contribution in [-0.4, -0.2) is 34.1 Å². The van der Waals surface area contributed by atoms with Crippen LogP contribution in [0, 0.1) is 0 Å². The lowest BCUT2D eigenvalue weighted by molar-refractivity contribution is 0.0359. The van der Waals surface area contributed by atoms with Crippen LogP contribution in [0.25, 0.3) is 0 Å². The molecule has 18 heavy (non-hydrogen) atoms. The van der Waals surface area contributed by atoms with Crippen molar-refractivity contribution in [2.45, 2.75) is 12.7 Å². The first-order valence-electron chi connectivity index (χ1n) is 5.75. The number of nitrogens with one attached hydrogen (secondary N) is 1. The minimum atomic E-state index is -0.523. The molecule has 0 fully saturated rings. The molecular formula is C12H17N3O2S. The number of aryl methyl sites for hydroxylation is 1. The summed E-state index contributed by atoms with van der Waals surface area (Å²) in [5.41, 5.74) is 0.898. The zero-order valence-corrected chi connectivity index (χ0v) is 11.1. The lowest BCUT2D eigenvalue weighted by atomic mass is 10.3. The van der Waals surface area contributed by atoms with Crippen LogP contribution in [0.3, 0.4) is 0 Å². The minimum Gasteiger partial charge on any atom is -0.389 e. The van der Waals surface area contributed by atoms with E-state index >= 15 is 0 Å². The fourth-order valence-corrected chi connectivity index (χ4v) is 2.14. The highest BCUT2D eigenvalue weighted by Gasteiger charge is 2.05. The van der Waals surface area contributed by atoms with Gasteiger partial charge in [-0.2, -0.15) is 5.10 Å². The van der Waals surface area contributed by atoms with E-state index in [9.17, 15) is 5.11 Å². The van der Waals surface area contributed by atoms with Crippen molar-refractivity contribution in [2.24, 2.45) is 7.05 Å². The largest absolute Gasteiger partial charge is 0.389 e. The molecule has 6 heteroatoms. The van der Waals surface area contributed by atoms with Crippen molar-refractivity contribution in [2.75, 3.05) is 18.5 Å². The van der Waals surface area contributed by atoms with E-state index in [1.54, 1.807) is 22.2 Å². The van der Waals surface area contributed by atoms with E-state index in [4.69, 9.17) is 4.74 Å². The molecule has 1 atom stereocenters. The van der Waals surface area contributed by atoms with Gasteiger partial charge in [-0.1, -0.05) is 6.07 Å². The van der Waals surface area contributed by atoms with Crippen LogP contribution in [-0.2, 0) is 18.4 Å². The number of thiophene rings is 1. The molecule has 0 bridgehead atoms. The molecule has 0 spiro atoms. The molecule has 0 amide bonds. The average molecular weight is 267 g/mol. The first-order valence-corrected chi connectivity index (χ1v) is 6.62. The molecule has 0 saturated carbocycles. The molecule has 0 aliphatic heterocycles. The molecule has 1 unspecified atom stereocenters. The van der Waals surface area contributed by atoms with Gasteiger partial charge in [0.05, 0.1) is 31.2 Å². The van der Waals surface area contributed by atoms with Crippen molar-refractivity contribution in [3.63, 3.8) is 0 Å². The Morgan fingerprint density at radius 2 is 2.50 bits per heavy atom. The van der Waals surface area contributed by atoms with Gasteiger partial charge in [0.25, 0.3) is 0 Å². The Labute approximate surface area is 110 Å². The number of rotatable bonds is 7. The topological polar surface area (TPSA) is 59.3 Å². The maximum absolute atomic E-state index is 9.73. The summed E-state index contributed by atoms with van der Waals surface area (Å²) in [5.74, 6) is 0. The van der Waals surface area contributed by atoms with E-state index in [1.165, 1.54) is 4.88 Å². The van der Waals surface area contributed by atoms with Crippen LogP contribution in [0.5, 0.6) is 0 Å². The normalized spacial score (nSPS) is 12.6. The van der Waals surface area contributed by atoms with Gasteiger partial charge in [-0.25, -0.2) is 0 Å². The molecule has 0 aliphatic carbocycles. The van der Waals surface area contributed by atoms with Crippen LogP contribution in [0.4, 0.5) is 5.69 Å². The third kappa shape index (κ3) is 4.14. The molecule has 0 saturated heterocycles. The predicted molar refractivity (Wildman–Crippen MR) is 71.7 cm³/mol. The van der Waals surface area contributed by atoms with Gasteiger partial charge in [-0.15, -0.1) is 11.3 Å². The number of hydrogen-bond donors (Lipinski definition) is 2. The second-order valence-corrected chi connectivity index (χ2v) is 5.06. The van der Waals surface area contributed by atoms with Gasteiger partial charge in [-0.05, 0) is 11.4 Å². The second kappa shape index (κ2) is 6.53. The van der Waals surface area contributed by atoms with Gasteiger partial charge < -0.3 is 15.2 Å². The average Bonchev–Trinajstić information content (AvgIpc) is 2.98. The molecule has 2 rings (SSSR count). The number of nitrogens with zero attached hydrogens (tertiary/aromatic N) is 2. The smallest absolute Gasteiger partial charge is 0.0945 e. The van der Waals surface area contributed by atoms with Gasteiger partial charge >= 0.3 is 0 Å². The van der Waals surface area contributed by atoms with Gasteiger partial charge in [0.1, 0.15) is 0 Å². The van der Waals surface area contributed by atoms with E-state index in [0.29, 0.717) is 19.8 Å². The quantitative estimate of drug-likeness (QED) is 0.797. The Morgan fingerprint density at radius 3 is 3.17 bits per heavy atom. The summed E-state index contributed by atoms with van der Waals surface area (Å²) in [6, 6.07) is 4.01. The Bertz CT molecular complexity index is 456. The van der Waals surface area contributed by atoms with Crippen molar-refractivity contribution in [1.82, 2.24) is 9.78 Å². The van der Waals surface area contributed by atoms with E-state index in [-0.39, 0.29) is 0 Å². The molecule has 98 valence electrons. The van der Waals surface area contributed by atoms with Gasteiger partial charge in [-0.3, -0.25) is 4.68 Å². The summed E-state index contributed by atoms with van der Waals surface area (Å²) >= 11 is 1.65. The summed E-state index contributed by atoms with van der Waals surface area (Å²) < 4.78 is 7.14. The highest BCUT2D eigenvalue weighted by Crippen LogP contribution is 2.09. The third-order valence-corrected chi connectivity index (χ3v) is 3.23. The molecule has 0 aromatic carbocycles. The number of aliphatic hydroxyl groups is 1. The predicted octanol–water partition coefficient (Wildman–Crippen LogP) is 1.47. The van der Waals surface area contributed by atoms with E-state index in [2.05, 4.69) is 10.4 Å². The fraction of sp³-hybridized carbons (Fsp3) is 0.417. The lowest BCUT2D eigenvalue weighted by Crippen LogP contribution is -2.24. The standard InChI is InChI=1S/C12H17N3O2S/c1-15-7-10(5-14-15)13-6-11(16)8-17-9-12-3-2-4-18-12/h2-5,7,11,13,16H,6,8-9H2,1H3. The Hall–Kier alpha value is -1.37. The summed E-state index contributed by atoms with van der Waals surface area (Å²) in [4.78, 5) is 1.17. The first kappa shape index (κ1) is 13.1. The van der Waals surface area contributed by atoms with Gasteiger partial charge in [0.2, 0.25) is 0 Å². The maximum Gasteiger partial charge on any atom is 0.0945 e. The molecule has 2 aromatic heterocycles. The number of aliphatic hydroxyl groups excluding tert-OH is 1. The van der Waals surface area contributed by atoms with Crippen molar-refractivity contribution in [1.29, 1.82) is 0 Å². The molecule has 0 radical (unpaired) electrons. The highest BCUT2D eigenvalue weighted by atomic mass is 32.1. The minimum absolute atomic E-state index is 0.325. The van der Waals surface area contributed by atoms with Crippen molar-refractivity contribution >= 4 is 17.0 Å². The molecule has 2 aromatic rings. The van der Waals surface area contributed by atoms with Gasteiger partial charge in [0, 0.05) is 24.7 Å². The number of hydrogen-bond acceptors (Lipinski definition) is 5. The van der Waals surface area contributed by atoms with Crippen molar-refractivity contribution in [3.8, 4) is 0 Å². The molecule has 5 nitrogen and oxygen atoms in total. The SMILES string of the molecule is Cn1cc(NCC(O)COCc2cccs2)cn1. The monoisotopic (exact) mass is 267 g/mol. The van der Waals surface area contributed by atoms with Crippen LogP contribution in [0.15, 0.2) is 29.9 Å². The second-order valence-electron chi connectivity index (χ2n) is 4.03. The summed E-state index contributed by atoms with van der Waals surface area (Å²) in [5, 5.41) is 18.9. The van der Waals surface area contributed by atoms with Crippen LogP contribution < -0.4 is 5.32 Å². The van der Waals surface area contributed by atoms with Crippen LogP contribution in [0.1, 0.15) is 4.88 Å². The third-order valence-electron chi connectivity index (χ3n) is 2.38. The number of anilines is 1. The Balaban J connectivity index is 1.61. The van der Waals surface area contributed by atoms with Gasteiger partial charge in [0.15, 0.2) is 0 Å². The maximum atomic E-state index is 9.73. The van der Waals surface area contributed by atoms with E-state index in [1.807, 2.05) is 30.8 Å². The highest BCUT2D eigenvalue weighted by molar-refractivity contribution is 7.09. The number of ether oxygens (including phenoxy) is 1. The summed E-state index contributed by atoms with van der Waals surface area (Å²) in [6.45, 7) is 1.34. The molecule has 0 aliphatic rings. The Morgan fingerprint density at radius 1 is 1.61 bits per heavy atom. The van der Waals surface area contributed by atoms with Crippen LogP contribution in [0.2, 0.25) is 0 Å². The van der Waals surface area contributed by atoms with E-state index < -0.39 is 6.10 Å². The zero-order chi connectivity index (χ0) is 12.8. The summed E-state index contributed by atoms with van der Waals surface area (Å²) in [6.07, 6.45) is 3.06. The summed E-state index contributed by atoms with van der Waals surface area (Å²) in [7, 11) is 1.85. The molecule has 2 heterocycles. The fourth-order valence-electron chi connectivity index (χ4n) is 1.50. The Kier molecular flexibility index (Phi) is 4.74. The van der Waals surface area contributed by atoms with Crippen molar-refractivity contribution in [3.05, 3.63) is 34.8 Å². The zero-order valence-electron chi connectivity index (χ0n) is 10.2. The van der Waals surface area contributed by atoms with E-state index in [0.717, 1.165) is 5.69 Å². The number of aromatic nitrogens is 2. The molecular weight excluding hydrogens is 250 g/mol. The van der Waals surface area contributed by atoms with Crippen LogP contribution >= 0.6 is 11.3 Å².